The molecule has 0 saturated heterocycles. The summed E-state index contributed by atoms with van der Waals surface area (Å²) in [5, 5.41) is 1.59. The summed E-state index contributed by atoms with van der Waals surface area (Å²) >= 11 is 0. The van der Waals surface area contributed by atoms with Crippen LogP contribution in [0.15, 0.2) is 59.6 Å². The molecule has 0 fully saturated rings. The highest BCUT2D eigenvalue weighted by Crippen LogP contribution is 2.25. The monoisotopic (exact) mass is 298 g/mol. The third-order valence-corrected chi connectivity index (χ3v) is 4.91. The minimum absolute atomic E-state index is 0.221. The van der Waals surface area contributed by atoms with E-state index >= 15 is 0 Å². The van der Waals surface area contributed by atoms with E-state index in [-0.39, 0.29) is 5.54 Å². The summed E-state index contributed by atoms with van der Waals surface area (Å²) in [4.78, 5) is 4.59. The summed E-state index contributed by atoms with van der Waals surface area (Å²) < 4.78 is 18.5. The van der Waals surface area contributed by atoms with Crippen molar-refractivity contribution in [3.05, 3.63) is 60.2 Å². The standard InChI is InChI=1S/C17H17NO2P/c1-17(2)12-20-16(18-17)14-10-6-7-11-15(14)21(19)13-8-4-3-5-9-13/h3-11H,12H2,1-2H3/q+1. The average Bonchev–Trinajstić information content (AvgIpc) is 2.87. The number of nitrogens with zero attached hydrogens (tertiary/aromatic N) is 1. The Morgan fingerprint density at radius 2 is 1.71 bits per heavy atom. The molecule has 1 aliphatic heterocycles. The third-order valence-electron chi connectivity index (χ3n) is 3.31. The van der Waals surface area contributed by atoms with Crippen LogP contribution in [0.3, 0.4) is 0 Å². The normalized spacial score (nSPS) is 17.0. The molecule has 1 atom stereocenters. The minimum atomic E-state index is -1.65. The highest BCUT2D eigenvalue weighted by molar-refractivity contribution is 7.61. The summed E-state index contributed by atoms with van der Waals surface area (Å²) in [6, 6.07) is 17.1. The van der Waals surface area contributed by atoms with Crippen LogP contribution in [0.2, 0.25) is 0 Å². The molecule has 3 nitrogen and oxygen atoms in total. The Hall–Kier alpha value is -1.99. The van der Waals surface area contributed by atoms with Gasteiger partial charge in [0.25, 0.3) is 0 Å². The molecule has 4 heteroatoms. The molecule has 0 radical (unpaired) electrons. The van der Waals surface area contributed by atoms with Crippen molar-refractivity contribution in [1.29, 1.82) is 0 Å². The smallest absolute Gasteiger partial charge is 0.416 e. The van der Waals surface area contributed by atoms with Crippen LogP contribution in [0.25, 0.3) is 0 Å². The predicted molar refractivity (Wildman–Crippen MR) is 86.3 cm³/mol. The second kappa shape index (κ2) is 5.42. The lowest BCUT2D eigenvalue weighted by Crippen LogP contribution is -2.17. The fourth-order valence-electron chi connectivity index (χ4n) is 2.26. The number of rotatable bonds is 3. The molecular formula is C17H17NO2P+. The van der Waals surface area contributed by atoms with Crippen molar-refractivity contribution >= 4 is 24.3 Å². The van der Waals surface area contributed by atoms with Gasteiger partial charge in [-0.1, -0.05) is 34.9 Å². The molecule has 0 N–H and O–H groups in total. The van der Waals surface area contributed by atoms with Crippen molar-refractivity contribution in [3.8, 4) is 0 Å². The van der Waals surface area contributed by atoms with Crippen LogP contribution < -0.4 is 10.6 Å². The molecule has 0 aromatic heterocycles. The number of hydrogen-bond donors (Lipinski definition) is 0. The Bertz CT molecular complexity index is 708. The van der Waals surface area contributed by atoms with Gasteiger partial charge in [-0.25, -0.2) is 4.99 Å². The lowest BCUT2D eigenvalue weighted by atomic mass is 10.1. The third kappa shape index (κ3) is 2.88. The lowest BCUT2D eigenvalue weighted by molar-refractivity contribution is 0.279. The first-order valence-corrected chi connectivity index (χ1v) is 8.17. The van der Waals surface area contributed by atoms with Gasteiger partial charge in [0.2, 0.25) is 11.2 Å². The fourth-order valence-corrected chi connectivity index (χ4v) is 3.59. The summed E-state index contributed by atoms with van der Waals surface area (Å²) in [7, 11) is -1.65. The SMILES string of the molecule is CC1(C)COC(c2ccccc2[P+](=O)c2ccccc2)=N1. The van der Waals surface area contributed by atoms with E-state index in [1.54, 1.807) is 0 Å². The average molecular weight is 298 g/mol. The first kappa shape index (κ1) is 14.0. The van der Waals surface area contributed by atoms with Gasteiger partial charge in [-0.2, -0.15) is 0 Å². The van der Waals surface area contributed by atoms with Gasteiger partial charge in [-0.15, -0.1) is 0 Å². The van der Waals surface area contributed by atoms with Gasteiger partial charge >= 0.3 is 7.80 Å². The van der Waals surface area contributed by atoms with Crippen LogP contribution in [-0.4, -0.2) is 18.0 Å². The highest BCUT2D eigenvalue weighted by atomic mass is 31.1. The summed E-state index contributed by atoms with van der Waals surface area (Å²) in [5.74, 6) is 0.592. The maximum atomic E-state index is 12.8. The first-order chi connectivity index (χ1) is 10.1. The molecule has 1 heterocycles. The van der Waals surface area contributed by atoms with Gasteiger partial charge in [0, 0.05) is 0 Å². The number of benzene rings is 2. The maximum absolute atomic E-state index is 12.8. The van der Waals surface area contributed by atoms with Gasteiger partial charge in [0.15, 0.2) is 5.30 Å². The van der Waals surface area contributed by atoms with Crippen molar-refractivity contribution < 1.29 is 9.30 Å². The molecule has 0 saturated carbocycles. The van der Waals surface area contributed by atoms with Gasteiger partial charge in [0.1, 0.15) is 6.61 Å². The van der Waals surface area contributed by atoms with Gasteiger partial charge in [-0.05, 0) is 38.1 Å². The highest BCUT2D eigenvalue weighted by Gasteiger charge is 2.33. The number of aliphatic imine (C=N–C) groups is 1. The second-order valence-corrected chi connectivity index (χ2v) is 7.25. The van der Waals surface area contributed by atoms with Gasteiger partial charge in [-0.3, -0.25) is 0 Å². The fraction of sp³-hybridized carbons (Fsp3) is 0.235. The molecule has 2 aromatic rings. The Kier molecular flexibility index (Phi) is 3.60. The van der Waals surface area contributed by atoms with Gasteiger partial charge in [0.05, 0.1) is 11.1 Å². The van der Waals surface area contributed by atoms with E-state index < -0.39 is 7.80 Å². The van der Waals surface area contributed by atoms with Crippen LogP contribution >= 0.6 is 7.80 Å². The summed E-state index contributed by atoms with van der Waals surface area (Å²) in [5.41, 5.74) is 0.605. The van der Waals surface area contributed by atoms with E-state index in [0.29, 0.717) is 12.5 Å². The van der Waals surface area contributed by atoms with E-state index in [1.807, 2.05) is 68.4 Å². The first-order valence-electron chi connectivity index (χ1n) is 6.91. The maximum Gasteiger partial charge on any atom is 0.416 e. The van der Waals surface area contributed by atoms with Gasteiger partial charge < -0.3 is 4.74 Å². The Labute approximate surface area is 125 Å². The zero-order chi connectivity index (χ0) is 14.9. The van der Waals surface area contributed by atoms with Crippen molar-refractivity contribution in [2.75, 3.05) is 6.61 Å². The molecule has 0 spiro atoms. The van der Waals surface area contributed by atoms with Crippen molar-refractivity contribution in [1.82, 2.24) is 0 Å². The van der Waals surface area contributed by atoms with E-state index in [9.17, 15) is 4.57 Å². The predicted octanol–water partition coefficient (Wildman–Crippen LogP) is 3.02. The topological polar surface area (TPSA) is 38.7 Å². The minimum Gasteiger partial charge on any atom is -0.475 e. The quantitative estimate of drug-likeness (QED) is 0.817. The largest absolute Gasteiger partial charge is 0.475 e. The molecule has 106 valence electrons. The molecule has 1 aliphatic rings. The molecular weight excluding hydrogens is 281 g/mol. The van der Waals surface area contributed by atoms with Crippen LogP contribution in [0, 0.1) is 0 Å². The molecule has 21 heavy (non-hydrogen) atoms. The number of hydrogen-bond acceptors (Lipinski definition) is 3. The van der Waals surface area contributed by atoms with Crippen molar-refractivity contribution in [2.45, 2.75) is 19.4 Å². The molecule has 0 amide bonds. The molecule has 2 aromatic carbocycles. The van der Waals surface area contributed by atoms with Crippen molar-refractivity contribution in [3.63, 3.8) is 0 Å². The van der Waals surface area contributed by atoms with E-state index in [0.717, 1.165) is 16.2 Å². The molecule has 3 rings (SSSR count). The van der Waals surface area contributed by atoms with E-state index in [1.165, 1.54) is 0 Å². The number of ether oxygens (including phenoxy) is 1. The zero-order valence-electron chi connectivity index (χ0n) is 12.1. The van der Waals surface area contributed by atoms with Crippen molar-refractivity contribution in [2.24, 2.45) is 4.99 Å². The second-order valence-electron chi connectivity index (χ2n) is 5.67. The summed E-state index contributed by atoms with van der Waals surface area (Å²) in [6.07, 6.45) is 0. The zero-order valence-corrected chi connectivity index (χ0v) is 13.0. The van der Waals surface area contributed by atoms with Crippen LogP contribution in [-0.2, 0) is 9.30 Å². The Morgan fingerprint density at radius 1 is 1.05 bits per heavy atom. The van der Waals surface area contributed by atoms with Crippen LogP contribution in [0.1, 0.15) is 19.4 Å². The summed E-state index contributed by atoms with van der Waals surface area (Å²) in [6.45, 7) is 4.61. The van der Waals surface area contributed by atoms with E-state index in [4.69, 9.17) is 4.74 Å². The lowest BCUT2D eigenvalue weighted by Gasteiger charge is -2.07. The van der Waals surface area contributed by atoms with E-state index in [2.05, 4.69) is 4.99 Å². The van der Waals surface area contributed by atoms with Crippen LogP contribution in [0.5, 0.6) is 0 Å². The Morgan fingerprint density at radius 3 is 2.38 bits per heavy atom. The molecule has 1 unspecified atom stereocenters. The Balaban J connectivity index is 2.04. The molecule has 0 aliphatic carbocycles. The van der Waals surface area contributed by atoms with Crippen LogP contribution in [0.4, 0.5) is 0 Å². The molecule has 0 bridgehead atoms.